The molecule has 1 aromatic heterocycles. The van der Waals surface area contributed by atoms with Gasteiger partial charge >= 0.3 is 12.1 Å². The van der Waals surface area contributed by atoms with Crippen LogP contribution < -0.4 is 5.32 Å². The van der Waals surface area contributed by atoms with Crippen molar-refractivity contribution in [2.24, 2.45) is 0 Å². The van der Waals surface area contributed by atoms with Crippen LogP contribution in [0.15, 0.2) is 6.20 Å². The third-order valence-corrected chi connectivity index (χ3v) is 2.88. The number of hydrogen-bond donors (Lipinski definition) is 2. The predicted octanol–water partition coefficient (Wildman–Crippen LogP) is 2.78. The Labute approximate surface area is 140 Å². The van der Waals surface area contributed by atoms with Crippen LogP contribution >= 0.6 is 11.6 Å². The highest BCUT2D eigenvalue weighted by Gasteiger charge is 2.38. The van der Waals surface area contributed by atoms with Crippen LogP contribution in [0.5, 0.6) is 0 Å². The summed E-state index contributed by atoms with van der Waals surface area (Å²) >= 11 is 5.01. The van der Waals surface area contributed by atoms with Crippen molar-refractivity contribution in [1.29, 1.82) is 0 Å². The second-order valence-corrected chi connectivity index (χ2v) is 5.06. The minimum Gasteiger partial charge on any atom is -0.475 e. The average molecular weight is 376 g/mol. The summed E-state index contributed by atoms with van der Waals surface area (Å²) in [6, 6.07) is 0. The van der Waals surface area contributed by atoms with Gasteiger partial charge in [-0.3, -0.25) is 9.48 Å². The third-order valence-electron chi connectivity index (χ3n) is 2.68. The number of amides is 1. The van der Waals surface area contributed by atoms with Crippen LogP contribution in [0.25, 0.3) is 0 Å². The predicted molar refractivity (Wildman–Crippen MR) is 78.2 cm³/mol. The van der Waals surface area contributed by atoms with E-state index in [4.69, 9.17) is 21.5 Å². The van der Waals surface area contributed by atoms with Crippen LogP contribution in [0.4, 0.5) is 17.6 Å². The molecule has 24 heavy (non-hydrogen) atoms. The Kier molecular flexibility index (Phi) is 9.34. The highest BCUT2D eigenvalue weighted by molar-refractivity contribution is 6.29. The first-order valence-corrected chi connectivity index (χ1v) is 7.31. The maximum atomic E-state index is 12.4. The van der Waals surface area contributed by atoms with Crippen molar-refractivity contribution in [3.8, 4) is 0 Å². The van der Waals surface area contributed by atoms with E-state index in [-0.39, 0.29) is 6.54 Å². The Morgan fingerprint density at radius 3 is 2.42 bits per heavy atom. The van der Waals surface area contributed by atoms with Crippen LogP contribution in [-0.2, 0) is 22.7 Å². The van der Waals surface area contributed by atoms with Crippen LogP contribution in [0.2, 0.25) is 0 Å². The third kappa shape index (κ3) is 8.70. The molecule has 0 saturated carbocycles. The van der Waals surface area contributed by atoms with Gasteiger partial charge in [0.1, 0.15) is 0 Å². The Bertz CT molecular complexity index is 547. The first kappa shape index (κ1) is 22.2. The van der Waals surface area contributed by atoms with E-state index in [1.54, 1.807) is 0 Å². The molecular weight excluding hydrogens is 358 g/mol. The van der Waals surface area contributed by atoms with E-state index in [1.165, 1.54) is 0 Å². The van der Waals surface area contributed by atoms with Gasteiger partial charge in [0.2, 0.25) is 0 Å². The van der Waals surface area contributed by atoms with Gasteiger partial charge in [-0.25, -0.2) is 9.18 Å². The van der Waals surface area contributed by atoms with Gasteiger partial charge in [0.25, 0.3) is 11.5 Å². The fourth-order valence-electron chi connectivity index (χ4n) is 1.43. The number of nitrogens with one attached hydrogen (secondary N) is 1. The number of unbranched alkanes of at least 4 members (excludes halogenated alkanes) is 1. The summed E-state index contributed by atoms with van der Waals surface area (Å²) in [5.74, 6) is -3.57. The summed E-state index contributed by atoms with van der Waals surface area (Å²) in [7, 11) is 0. The molecule has 1 aromatic rings. The number of aryl methyl sites for hydroxylation is 2. The number of rotatable bonds is 6. The minimum absolute atomic E-state index is 0.254. The molecule has 1 amide bonds. The maximum absolute atomic E-state index is 12.4. The van der Waals surface area contributed by atoms with E-state index in [9.17, 15) is 22.4 Å². The van der Waals surface area contributed by atoms with Crippen molar-refractivity contribution in [3.05, 3.63) is 17.5 Å². The zero-order chi connectivity index (χ0) is 18.9. The lowest BCUT2D eigenvalue weighted by atomic mass is 10.2. The molecule has 0 aromatic carbocycles. The number of halogens is 5. The summed E-state index contributed by atoms with van der Waals surface area (Å²) in [6.45, 7) is 5.08. The van der Waals surface area contributed by atoms with Crippen LogP contribution in [-0.4, -0.2) is 38.6 Å². The first-order chi connectivity index (χ1) is 11.0. The van der Waals surface area contributed by atoms with Crippen molar-refractivity contribution in [1.82, 2.24) is 15.1 Å². The zero-order valence-electron chi connectivity index (χ0n) is 13.0. The largest absolute Gasteiger partial charge is 0.490 e. The SMILES string of the molecule is CCCCn1cc(CNC(=O)C(F)Cl)c(C)n1.O=C(O)C(F)(F)F. The van der Waals surface area contributed by atoms with E-state index in [0.29, 0.717) is 0 Å². The van der Waals surface area contributed by atoms with Gasteiger partial charge < -0.3 is 10.4 Å². The van der Waals surface area contributed by atoms with E-state index in [1.807, 2.05) is 17.8 Å². The molecule has 1 atom stereocenters. The number of carboxylic acid groups (broad SMARTS) is 1. The molecule has 138 valence electrons. The van der Waals surface area contributed by atoms with Crippen molar-refractivity contribution < 1.29 is 32.3 Å². The van der Waals surface area contributed by atoms with Crippen molar-refractivity contribution in [2.45, 2.75) is 51.6 Å². The summed E-state index contributed by atoms with van der Waals surface area (Å²) in [4.78, 5) is 19.9. The molecule has 0 saturated heterocycles. The molecule has 6 nitrogen and oxygen atoms in total. The number of carbonyl (C=O) groups is 2. The van der Waals surface area contributed by atoms with E-state index < -0.39 is 23.7 Å². The van der Waals surface area contributed by atoms with Crippen LogP contribution in [0.3, 0.4) is 0 Å². The molecule has 0 radical (unpaired) electrons. The summed E-state index contributed by atoms with van der Waals surface area (Å²) in [6.07, 6.45) is -1.06. The lowest BCUT2D eigenvalue weighted by molar-refractivity contribution is -0.192. The average Bonchev–Trinajstić information content (AvgIpc) is 2.82. The quantitative estimate of drug-likeness (QED) is 0.591. The van der Waals surface area contributed by atoms with Gasteiger partial charge in [0.15, 0.2) is 0 Å². The zero-order valence-corrected chi connectivity index (χ0v) is 13.8. The smallest absolute Gasteiger partial charge is 0.475 e. The summed E-state index contributed by atoms with van der Waals surface area (Å²) in [5.41, 5.74) is -0.274. The number of alkyl halides is 5. The molecule has 0 bridgehead atoms. The lowest BCUT2D eigenvalue weighted by Gasteiger charge is -2.03. The number of hydrogen-bond acceptors (Lipinski definition) is 3. The van der Waals surface area contributed by atoms with E-state index in [2.05, 4.69) is 17.3 Å². The monoisotopic (exact) mass is 375 g/mol. The van der Waals surface area contributed by atoms with Crippen LogP contribution in [0.1, 0.15) is 31.0 Å². The molecule has 0 aliphatic carbocycles. The molecule has 11 heteroatoms. The molecule has 0 aliphatic heterocycles. The second kappa shape index (κ2) is 10.1. The standard InChI is InChI=1S/C11H17ClFN3O.C2HF3O2/c1-3-4-5-16-7-9(8(2)15-16)6-14-11(17)10(12)13;3-2(4,5)1(6)7/h7,10H,3-6H2,1-2H3,(H,14,17);(H,6,7). The number of aliphatic carboxylic acids is 1. The van der Waals surface area contributed by atoms with Gasteiger partial charge in [-0.1, -0.05) is 24.9 Å². The summed E-state index contributed by atoms with van der Waals surface area (Å²) in [5, 5.41) is 13.8. The minimum atomic E-state index is -5.08. The van der Waals surface area contributed by atoms with E-state index in [0.717, 1.165) is 30.6 Å². The van der Waals surface area contributed by atoms with Gasteiger partial charge in [0, 0.05) is 24.8 Å². The van der Waals surface area contributed by atoms with Gasteiger partial charge in [-0.05, 0) is 13.3 Å². The molecule has 0 spiro atoms. The molecule has 0 fully saturated rings. The van der Waals surface area contributed by atoms with Crippen molar-refractivity contribution in [3.63, 3.8) is 0 Å². The highest BCUT2D eigenvalue weighted by atomic mass is 35.5. The number of carboxylic acids is 1. The molecular formula is C13H18ClF4N3O3. The Hall–Kier alpha value is -1.84. The molecule has 1 unspecified atom stereocenters. The van der Waals surface area contributed by atoms with E-state index >= 15 is 0 Å². The first-order valence-electron chi connectivity index (χ1n) is 6.87. The van der Waals surface area contributed by atoms with Crippen molar-refractivity contribution in [2.75, 3.05) is 0 Å². The second-order valence-electron chi connectivity index (χ2n) is 4.68. The molecule has 0 aliphatic rings. The highest BCUT2D eigenvalue weighted by Crippen LogP contribution is 2.13. The van der Waals surface area contributed by atoms with Gasteiger partial charge in [-0.15, -0.1) is 0 Å². The summed E-state index contributed by atoms with van der Waals surface area (Å²) < 4.78 is 46.0. The van der Waals surface area contributed by atoms with Crippen molar-refractivity contribution >= 4 is 23.5 Å². The molecule has 1 heterocycles. The van der Waals surface area contributed by atoms with Gasteiger partial charge in [-0.2, -0.15) is 18.3 Å². The molecule has 2 N–H and O–H groups in total. The van der Waals surface area contributed by atoms with Gasteiger partial charge in [0.05, 0.1) is 5.69 Å². The number of carbonyl (C=O) groups excluding carboxylic acids is 1. The Morgan fingerprint density at radius 2 is 2.00 bits per heavy atom. The number of nitrogens with zero attached hydrogens (tertiary/aromatic N) is 2. The maximum Gasteiger partial charge on any atom is 0.490 e. The Morgan fingerprint density at radius 1 is 1.46 bits per heavy atom. The van der Waals surface area contributed by atoms with Crippen LogP contribution in [0, 0.1) is 6.92 Å². The topological polar surface area (TPSA) is 84.2 Å². The fraction of sp³-hybridized carbons (Fsp3) is 0.615. The lowest BCUT2D eigenvalue weighted by Crippen LogP contribution is -2.28. The fourth-order valence-corrected chi connectivity index (χ4v) is 1.50. The normalized spacial score (nSPS) is 12.1. The Balaban J connectivity index is 0.000000640. The molecule has 1 rings (SSSR count). The number of aromatic nitrogens is 2.